The molecule has 0 aromatic carbocycles. The molecule has 0 radical (unpaired) electrons. The van der Waals surface area contributed by atoms with Gasteiger partial charge in [-0.25, -0.2) is 4.98 Å². The van der Waals surface area contributed by atoms with Crippen LogP contribution in [0.3, 0.4) is 0 Å². The van der Waals surface area contributed by atoms with Crippen LogP contribution in [-0.2, 0) is 0 Å². The summed E-state index contributed by atoms with van der Waals surface area (Å²) in [6, 6.07) is 4.29. The monoisotopic (exact) mass is 233 g/mol. The number of aromatic nitrogens is 1. The third kappa shape index (κ3) is 3.35. The number of hydrogen-bond acceptors (Lipinski definition) is 3. The highest BCUT2D eigenvalue weighted by molar-refractivity contribution is 5.54. The van der Waals surface area contributed by atoms with Crippen molar-refractivity contribution in [2.75, 3.05) is 29.9 Å². The van der Waals surface area contributed by atoms with Crippen LogP contribution in [0.25, 0.3) is 0 Å². The van der Waals surface area contributed by atoms with Gasteiger partial charge in [0.05, 0.1) is 0 Å². The first-order valence-corrected chi connectivity index (χ1v) is 6.74. The van der Waals surface area contributed by atoms with Gasteiger partial charge in [0, 0.05) is 37.6 Å². The fraction of sp³-hybridized carbons (Fsp3) is 0.643. The molecule has 2 rings (SSSR count). The molecular weight excluding hydrogens is 210 g/mol. The normalized spacial score (nSPS) is 17.2. The molecule has 1 aliphatic rings. The lowest BCUT2D eigenvalue weighted by Crippen LogP contribution is -2.32. The summed E-state index contributed by atoms with van der Waals surface area (Å²) in [5.41, 5.74) is 1.31. The van der Waals surface area contributed by atoms with Crippen LogP contribution in [0.5, 0.6) is 0 Å². The summed E-state index contributed by atoms with van der Waals surface area (Å²) < 4.78 is 0. The Labute approximate surface area is 104 Å². The van der Waals surface area contributed by atoms with Gasteiger partial charge in [-0.1, -0.05) is 13.8 Å². The van der Waals surface area contributed by atoms with Crippen LogP contribution in [0.1, 0.15) is 33.1 Å². The van der Waals surface area contributed by atoms with Gasteiger partial charge in [0.2, 0.25) is 0 Å². The molecule has 0 unspecified atom stereocenters. The molecule has 0 spiro atoms. The second kappa shape index (κ2) is 5.89. The lowest BCUT2D eigenvalue weighted by Gasteiger charge is -2.32. The summed E-state index contributed by atoms with van der Waals surface area (Å²) >= 11 is 0. The molecule has 3 heteroatoms. The van der Waals surface area contributed by atoms with Crippen LogP contribution in [-0.4, -0.2) is 24.6 Å². The maximum Gasteiger partial charge on any atom is 0.127 e. The maximum absolute atomic E-state index is 4.35. The Balaban J connectivity index is 2.00. The molecule has 0 atom stereocenters. The second-order valence-electron chi connectivity index (χ2n) is 5.00. The van der Waals surface area contributed by atoms with Crippen molar-refractivity contribution >= 4 is 11.5 Å². The van der Waals surface area contributed by atoms with E-state index < -0.39 is 0 Å². The Hall–Kier alpha value is -1.25. The van der Waals surface area contributed by atoms with Gasteiger partial charge in [-0.05, 0) is 31.2 Å². The first-order chi connectivity index (χ1) is 8.29. The summed E-state index contributed by atoms with van der Waals surface area (Å²) in [5, 5.41) is 3.34. The largest absolute Gasteiger partial charge is 0.371 e. The van der Waals surface area contributed by atoms with Gasteiger partial charge >= 0.3 is 0 Å². The van der Waals surface area contributed by atoms with Gasteiger partial charge in [0.25, 0.3) is 0 Å². The maximum atomic E-state index is 4.35. The molecule has 1 aliphatic heterocycles. The smallest absolute Gasteiger partial charge is 0.127 e. The van der Waals surface area contributed by atoms with E-state index >= 15 is 0 Å². The summed E-state index contributed by atoms with van der Waals surface area (Å²) in [6.07, 6.45) is 5.65. The highest BCUT2D eigenvalue weighted by atomic mass is 15.1. The molecule has 1 saturated heterocycles. The van der Waals surface area contributed by atoms with E-state index in [2.05, 4.69) is 41.2 Å². The van der Waals surface area contributed by atoms with Crippen molar-refractivity contribution in [3.05, 3.63) is 18.3 Å². The van der Waals surface area contributed by atoms with E-state index in [4.69, 9.17) is 0 Å². The Kier molecular flexibility index (Phi) is 4.24. The highest BCUT2D eigenvalue weighted by Crippen LogP contribution is 2.23. The number of nitrogens with one attached hydrogen (secondary N) is 1. The first kappa shape index (κ1) is 12.2. The number of hydrogen-bond donors (Lipinski definition) is 1. The zero-order valence-corrected chi connectivity index (χ0v) is 10.9. The summed E-state index contributed by atoms with van der Waals surface area (Å²) in [6.45, 7) is 7.87. The van der Waals surface area contributed by atoms with Crippen LogP contribution < -0.4 is 10.2 Å². The average molecular weight is 233 g/mol. The van der Waals surface area contributed by atoms with Crippen molar-refractivity contribution in [1.29, 1.82) is 0 Å². The average Bonchev–Trinajstić information content (AvgIpc) is 2.37. The first-order valence-electron chi connectivity index (χ1n) is 6.74. The molecule has 2 heterocycles. The minimum absolute atomic E-state index is 0.880. The Morgan fingerprint density at radius 1 is 1.41 bits per heavy atom. The molecule has 1 fully saturated rings. The quantitative estimate of drug-likeness (QED) is 0.866. The Morgan fingerprint density at radius 2 is 2.18 bits per heavy atom. The van der Waals surface area contributed by atoms with E-state index in [9.17, 15) is 0 Å². The van der Waals surface area contributed by atoms with E-state index in [1.165, 1.54) is 31.6 Å². The van der Waals surface area contributed by atoms with E-state index in [1.54, 1.807) is 0 Å². The number of rotatable bonds is 4. The van der Waals surface area contributed by atoms with Crippen LogP contribution in [0, 0.1) is 5.92 Å². The molecular formula is C14H23N3. The summed E-state index contributed by atoms with van der Waals surface area (Å²) in [4.78, 5) is 6.82. The van der Waals surface area contributed by atoms with Gasteiger partial charge in [-0.2, -0.15) is 0 Å². The van der Waals surface area contributed by atoms with Crippen LogP contribution >= 0.6 is 0 Å². The van der Waals surface area contributed by atoms with Gasteiger partial charge in [-0.15, -0.1) is 0 Å². The van der Waals surface area contributed by atoms with Crippen LogP contribution in [0.2, 0.25) is 0 Å². The number of anilines is 2. The third-order valence-corrected chi connectivity index (χ3v) is 3.45. The molecule has 1 aromatic rings. The molecule has 0 amide bonds. The Bertz CT molecular complexity index is 343. The van der Waals surface area contributed by atoms with Gasteiger partial charge < -0.3 is 10.2 Å². The molecule has 0 aliphatic carbocycles. The lowest BCUT2D eigenvalue weighted by atomic mass is 9.99. The standard InChI is InChI=1S/C14H23N3/c1-3-7-15-14-11-13(4-8-16-14)17-9-5-12(2)6-10-17/h4,8,11-12H,3,5-7,9-10H2,1-2H3,(H,15,16). The fourth-order valence-corrected chi connectivity index (χ4v) is 2.23. The van der Waals surface area contributed by atoms with Crippen LogP contribution in [0.15, 0.2) is 18.3 Å². The summed E-state index contributed by atoms with van der Waals surface area (Å²) in [5.74, 6) is 1.88. The zero-order chi connectivity index (χ0) is 12.1. The van der Waals surface area contributed by atoms with Crippen molar-refractivity contribution in [2.24, 2.45) is 5.92 Å². The SMILES string of the molecule is CCCNc1cc(N2CCC(C)CC2)ccn1. The molecule has 1 N–H and O–H groups in total. The topological polar surface area (TPSA) is 28.2 Å². The predicted octanol–water partition coefficient (Wildman–Crippen LogP) is 3.14. The molecule has 0 saturated carbocycles. The molecule has 17 heavy (non-hydrogen) atoms. The number of pyridine rings is 1. The molecule has 3 nitrogen and oxygen atoms in total. The lowest BCUT2D eigenvalue weighted by molar-refractivity contribution is 0.438. The fourth-order valence-electron chi connectivity index (χ4n) is 2.23. The van der Waals surface area contributed by atoms with Gasteiger partial charge in [0.1, 0.15) is 5.82 Å². The van der Waals surface area contributed by atoms with E-state index in [0.717, 1.165) is 24.7 Å². The minimum atomic E-state index is 0.880. The third-order valence-electron chi connectivity index (χ3n) is 3.45. The predicted molar refractivity (Wildman–Crippen MR) is 73.6 cm³/mol. The van der Waals surface area contributed by atoms with E-state index in [1.807, 2.05) is 6.20 Å². The van der Waals surface area contributed by atoms with Gasteiger partial charge in [0.15, 0.2) is 0 Å². The second-order valence-corrected chi connectivity index (χ2v) is 5.00. The summed E-state index contributed by atoms with van der Waals surface area (Å²) in [7, 11) is 0. The number of piperidine rings is 1. The molecule has 94 valence electrons. The molecule has 0 bridgehead atoms. The van der Waals surface area contributed by atoms with Crippen molar-refractivity contribution in [1.82, 2.24) is 4.98 Å². The Morgan fingerprint density at radius 3 is 2.88 bits per heavy atom. The van der Waals surface area contributed by atoms with Crippen molar-refractivity contribution in [2.45, 2.75) is 33.1 Å². The van der Waals surface area contributed by atoms with Crippen molar-refractivity contribution in [3.8, 4) is 0 Å². The van der Waals surface area contributed by atoms with Crippen LogP contribution in [0.4, 0.5) is 11.5 Å². The van der Waals surface area contributed by atoms with E-state index in [0.29, 0.717) is 0 Å². The zero-order valence-electron chi connectivity index (χ0n) is 10.9. The number of nitrogens with zero attached hydrogens (tertiary/aromatic N) is 2. The van der Waals surface area contributed by atoms with E-state index in [-0.39, 0.29) is 0 Å². The van der Waals surface area contributed by atoms with Crippen molar-refractivity contribution < 1.29 is 0 Å². The van der Waals surface area contributed by atoms with Gasteiger partial charge in [-0.3, -0.25) is 0 Å². The minimum Gasteiger partial charge on any atom is -0.371 e. The molecule has 1 aromatic heterocycles. The van der Waals surface area contributed by atoms with Crippen molar-refractivity contribution in [3.63, 3.8) is 0 Å². The highest BCUT2D eigenvalue weighted by Gasteiger charge is 2.16.